The van der Waals surface area contributed by atoms with Crippen molar-refractivity contribution in [2.24, 2.45) is 0 Å². The zero-order valence-electron chi connectivity index (χ0n) is 16.5. The third-order valence-corrected chi connectivity index (χ3v) is 5.72. The van der Waals surface area contributed by atoms with Gasteiger partial charge in [-0.05, 0) is 19.9 Å². The minimum absolute atomic E-state index is 0.209. The maximum atomic E-state index is 13.0. The van der Waals surface area contributed by atoms with Gasteiger partial charge in [-0.1, -0.05) is 30.3 Å². The van der Waals surface area contributed by atoms with Crippen LogP contribution in [0.2, 0.25) is 0 Å². The molecule has 1 aliphatic rings. The molecule has 28 heavy (non-hydrogen) atoms. The fraction of sp³-hybridized carbons (Fsp3) is 0.381. The molecule has 1 fully saturated rings. The van der Waals surface area contributed by atoms with Crippen molar-refractivity contribution in [1.29, 1.82) is 0 Å². The molecule has 0 saturated carbocycles. The van der Waals surface area contributed by atoms with E-state index in [1.807, 2.05) is 24.5 Å². The summed E-state index contributed by atoms with van der Waals surface area (Å²) in [6, 6.07) is 12.6. The van der Waals surface area contributed by atoms with Crippen LogP contribution in [0.3, 0.4) is 0 Å². The van der Waals surface area contributed by atoms with Crippen LogP contribution in [-0.4, -0.2) is 58.3 Å². The Kier molecular flexibility index (Phi) is 5.36. The van der Waals surface area contributed by atoms with Crippen molar-refractivity contribution >= 4 is 5.78 Å². The van der Waals surface area contributed by atoms with Gasteiger partial charge in [0.2, 0.25) is 11.7 Å². The summed E-state index contributed by atoms with van der Waals surface area (Å²) in [5, 5.41) is 6.79. The van der Waals surface area contributed by atoms with E-state index in [1.165, 1.54) is 16.8 Å². The van der Waals surface area contributed by atoms with E-state index >= 15 is 0 Å². The Bertz CT molecular complexity index is 923. The summed E-state index contributed by atoms with van der Waals surface area (Å²) < 4.78 is 1.96. The molecule has 3 N–H and O–H groups in total. The van der Waals surface area contributed by atoms with Crippen molar-refractivity contribution in [3.8, 4) is 5.95 Å². The zero-order valence-corrected chi connectivity index (χ0v) is 16.5. The number of rotatable bonds is 6. The van der Waals surface area contributed by atoms with Gasteiger partial charge in [-0.3, -0.25) is 9.36 Å². The molecule has 7 heteroatoms. The number of quaternary nitrogens is 2. The number of Topliss-reactive ketones (excluding diaryl/α,β-unsaturated/α-hetero) is 1. The maximum absolute atomic E-state index is 13.0. The van der Waals surface area contributed by atoms with Crippen LogP contribution >= 0.6 is 0 Å². The summed E-state index contributed by atoms with van der Waals surface area (Å²) in [5.41, 5.74) is 4.09. The number of aromatic amines is 1. The monoisotopic (exact) mass is 380 g/mol. The lowest BCUT2D eigenvalue weighted by Crippen LogP contribution is -3.27. The number of ketones is 1. The number of benzene rings is 1. The quantitative estimate of drug-likeness (QED) is 0.499. The molecule has 0 bridgehead atoms. The molecule has 0 radical (unpaired) electrons. The minimum atomic E-state index is 0.209. The molecule has 146 valence electrons. The topological polar surface area (TPSA) is 72.5 Å². The van der Waals surface area contributed by atoms with Crippen molar-refractivity contribution in [2.45, 2.75) is 20.4 Å². The summed E-state index contributed by atoms with van der Waals surface area (Å²) in [6.07, 6.45) is 1.48. The SMILES string of the molecule is Cc1cc(C(=O)C[NH+]2CC[NH+](Cc3ccccc3)CC2)c(C)n1-c1ncn[nH]1. The first-order chi connectivity index (χ1) is 13.6. The molecule has 1 saturated heterocycles. The fourth-order valence-corrected chi connectivity index (χ4v) is 4.20. The molecule has 1 aromatic carbocycles. The molecular formula is C21H28N6O+2. The van der Waals surface area contributed by atoms with Crippen LogP contribution in [-0.2, 0) is 6.54 Å². The number of carbonyl (C=O) groups excluding carboxylic acids is 1. The van der Waals surface area contributed by atoms with Crippen molar-refractivity contribution in [3.63, 3.8) is 0 Å². The summed E-state index contributed by atoms with van der Waals surface area (Å²) >= 11 is 0. The first-order valence-electron chi connectivity index (χ1n) is 9.91. The highest BCUT2D eigenvalue weighted by Gasteiger charge is 2.27. The molecule has 3 aromatic rings. The first-order valence-corrected chi connectivity index (χ1v) is 9.91. The molecule has 4 rings (SSSR count). The van der Waals surface area contributed by atoms with E-state index in [4.69, 9.17) is 0 Å². The predicted octanol–water partition coefficient (Wildman–Crippen LogP) is -0.621. The third kappa shape index (κ3) is 3.90. The summed E-state index contributed by atoms with van der Waals surface area (Å²) in [4.78, 5) is 20.2. The minimum Gasteiger partial charge on any atom is -0.322 e. The lowest BCUT2D eigenvalue weighted by Gasteiger charge is -2.29. The number of H-pyrrole nitrogens is 1. The molecule has 0 unspecified atom stereocenters. The number of aromatic nitrogens is 4. The second-order valence-corrected chi connectivity index (χ2v) is 7.69. The number of hydrogen-bond donors (Lipinski definition) is 3. The highest BCUT2D eigenvalue weighted by Crippen LogP contribution is 2.18. The number of piperazine rings is 1. The van der Waals surface area contributed by atoms with Crippen LogP contribution in [0.5, 0.6) is 0 Å². The Hall–Kier alpha value is -2.77. The highest BCUT2D eigenvalue weighted by molar-refractivity contribution is 5.98. The van der Waals surface area contributed by atoms with Gasteiger partial charge in [-0.2, -0.15) is 10.1 Å². The van der Waals surface area contributed by atoms with Gasteiger partial charge >= 0.3 is 0 Å². The number of hydrogen-bond acceptors (Lipinski definition) is 3. The van der Waals surface area contributed by atoms with Gasteiger partial charge in [-0.15, -0.1) is 0 Å². The number of nitrogens with zero attached hydrogens (tertiary/aromatic N) is 3. The van der Waals surface area contributed by atoms with Gasteiger partial charge in [0.1, 0.15) is 45.6 Å². The van der Waals surface area contributed by atoms with Crippen molar-refractivity contribution in [3.05, 3.63) is 65.2 Å². The standard InChI is InChI=1S/C21H26N6O/c1-16-12-19(17(2)27(16)21-22-15-23-24-21)20(28)14-26-10-8-25(9-11-26)13-18-6-4-3-5-7-18/h3-7,12,15H,8-11,13-14H2,1-2H3,(H,22,23,24)/p+2. The van der Waals surface area contributed by atoms with Crippen LogP contribution in [0.1, 0.15) is 27.3 Å². The van der Waals surface area contributed by atoms with Crippen molar-refractivity contribution in [1.82, 2.24) is 19.7 Å². The van der Waals surface area contributed by atoms with E-state index in [0.29, 0.717) is 12.5 Å². The molecular weight excluding hydrogens is 352 g/mol. The van der Waals surface area contributed by atoms with Crippen molar-refractivity contribution in [2.75, 3.05) is 32.7 Å². The normalized spacial score (nSPS) is 19.6. The number of nitrogens with one attached hydrogen (secondary N) is 3. The molecule has 7 nitrogen and oxygen atoms in total. The number of aryl methyl sites for hydroxylation is 1. The van der Waals surface area contributed by atoms with E-state index in [-0.39, 0.29) is 5.78 Å². The second kappa shape index (κ2) is 8.08. The smallest absolute Gasteiger partial charge is 0.229 e. The molecule has 2 aromatic heterocycles. The van der Waals surface area contributed by atoms with E-state index in [1.54, 1.807) is 4.90 Å². The Morgan fingerprint density at radius 2 is 1.82 bits per heavy atom. The van der Waals surface area contributed by atoms with E-state index in [2.05, 4.69) is 45.5 Å². The van der Waals surface area contributed by atoms with Crippen LogP contribution in [0.15, 0.2) is 42.7 Å². The fourth-order valence-electron chi connectivity index (χ4n) is 4.20. The van der Waals surface area contributed by atoms with Gasteiger partial charge in [-0.25, -0.2) is 5.10 Å². The van der Waals surface area contributed by atoms with E-state index in [9.17, 15) is 4.79 Å². The van der Waals surface area contributed by atoms with Gasteiger partial charge in [0.25, 0.3) is 0 Å². The summed E-state index contributed by atoms with van der Waals surface area (Å²) in [6.45, 7) is 9.87. The zero-order chi connectivity index (χ0) is 19.5. The second-order valence-electron chi connectivity index (χ2n) is 7.69. The Morgan fingerprint density at radius 1 is 1.11 bits per heavy atom. The number of carbonyl (C=O) groups is 1. The Morgan fingerprint density at radius 3 is 2.50 bits per heavy atom. The molecule has 0 aliphatic carbocycles. The molecule has 1 aliphatic heterocycles. The lowest BCUT2D eigenvalue weighted by atomic mass is 10.1. The average Bonchev–Trinajstić information content (AvgIpc) is 3.32. The molecule has 0 atom stereocenters. The van der Waals surface area contributed by atoms with Crippen LogP contribution in [0, 0.1) is 13.8 Å². The van der Waals surface area contributed by atoms with Crippen molar-refractivity contribution < 1.29 is 14.6 Å². The van der Waals surface area contributed by atoms with Crippen LogP contribution in [0.4, 0.5) is 0 Å². The lowest BCUT2D eigenvalue weighted by molar-refractivity contribution is -1.01. The largest absolute Gasteiger partial charge is 0.322 e. The Balaban J connectivity index is 1.36. The van der Waals surface area contributed by atoms with Gasteiger partial charge in [0.15, 0.2) is 0 Å². The summed E-state index contributed by atoms with van der Waals surface area (Å²) in [7, 11) is 0. The molecule has 0 spiro atoms. The van der Waals surface area contributed by atoms with Crippen LogP contribution < -0.4 is 9.80 Å². The highest BCUT2D eigenvalue weighted by atomic mass is 16.1. The van der Waals surface area contributed by atoms with E-state index < -0.39 is 0 Å². The van der Waals surface area contributed by atoms with Gasteiger partial charge < -0.3 is 9.80 Å². The predicted molar refractivity (Wildman–Crippen MR) is 106 cm³/mol. The molecule has 0 amide bonds. The maximum Gasteiger partial charge on any atom is 0.229 e. The van der Waals surface area contributed by atoms with Gasteiger partial charge in [0.05, 0.1) is 0 Å². The molecule has 3 heterocycles. The van der Waals surface area contributed by atoms with E-state index in [0.717, 1.165) is 49.7 Å². The average molecular weight is 380 g/mol. The summed E-state index contributed by atoms with van der Waals surface area (Å²) in [5.74, 6) is 0.861. The first kappa shape index (κ1) is 18.6. The third-order valence-electron chi connectivity index (χ3n) is 5.72. The van der Waals surface area contributed by atoms with Crippen LogP contribution in [0.25, 0.3) is 5.95 Å². The van der Waals surface area contributed by atoms with Gasteiger partial charge in [0, 0.05) is 22.5 Å². The Labute approximate surface area is 165 Å².